The molecule has 1 aliphatic heterocycles. The number of hydrogen-bond acceptors (Lipinski definition) is 4. The maximum Gasteiger partial charge on any atom is 0.317 e. The summed E-state index contributed by atoms with van der Waals surface area (Å²) in [5.41, 5.74) is 0. The number of urea groups is 1. The zero-order chi connectivity index (χ0) is 15.6. The van der Waals surface area contributed by atoms with Gasteiger partial charge in [-0.05, 0) is 37.6 Å². The van der Waals surface area contributed by atoms with Gasteiger partial charge in [-0.2, -0.15) is 0 Å². The lowest BCUT2D eigenvalue weighted by atomic mass is 10.2. The molecule has 1 atom stereocenters. The molecule has 0 saturated carbocycles. The zero-order valence-corrected chi connectivity index (χ0v) is 14.1. The van der Waals surface area contributed by atoms with Gasteiger partial charge >= 0.3 is 6.03 Å². The van der Waals surface area contributed by atoms with Gasteiger partial charge in [-0.1, -0.05) is 6.07 Å². The van der Waals surface area contributed by atoms with Crippen LogP contribution in [0, 0.1) is 0 Å². The number of amides is 2. The SMILES string of the molecule is CCOCCCNC(=O)N(Cc1cccs1)CC1CCCO1. The number of hydrogen-bond donors (Lipinski definition) is 1. The predicted octanol–water partition coefficient (Wildman–Crippen LogP) is 2.87. The van der Waals surface area contributed by atoms with Gasteiger partial charge in [-0.25, -0.2) is 4.79 Å². The second kappa shape index (κ2) is 9.82. The molecule has 5 nitrogen and oxygen atoms in total. The third-order valence-corrected chi connectivity index (χ3v) is 4.47. The lowest BCUT2D eigenvalue weighted by Crippen LogP contribution is -2.43. The van der Waals surface area contributed by atoms with Crippen molar-refractivity contribution in [3.8, 4) is 0 Å². The van der Waals surface area contributed by atoms with Gasteiger partial charge in [0.2, 0.25) is 0 Å². The molecule has 1 saturated heterocycles. The van der Waals surface area contributed by atoms with Crippen LogP contribution in [0.15, 0.2) is 17.5 Å². The molecule has 2 amide bonds. The number of carbonyl (C=O) groups is 1. The second-order valence-corrected chi connectivity index (χ2v) is 6.41. The highest BCUT2D eigenvalue weighted by molar-refractivity contribution is 7.09. The quantitative estimate of drug-likeness (QED) is 0.710. The molecule has 6 heteroatoms. The van der Waals surface area contributed by atoms with E-state index in [4.69, 9.17) is 9.47 Å². The van der Waals surface area contributed by atoms with Crippen molar-refractivity contribution < 1.29 is 14.3 Å². The second-order valence-electron chi connectivity index (χ2n) is 5.38. The standard InChI is InChI=1S/C16H26N2O3S/c1-2-20-9-5-8-17-16(19)18(12-14-6-3-10-21-14)13-15-7-4-11-22-15/h4,7,11,14H,2-3,5-6,8-10,12-13H2,1H3,(H,17,19). The van der Waals surface area contributed by atoms with Crippen LogP contribution in [0.25, 0.3) is 0 Å². The molecule has 1 unspecified atom stereocenters. The number of carbonyl (C=O) groups excluding carboxylic acids is 1. The van der Waals surface area contributed by atoms with Crippen LogP contribution in [-0.2, 0) is 16.0 Å². The van der Waals surface area contributed by atoms with Gasteiger partial charge in [0, 0.05) is 37.8 Å². The van der Waals surface area contributed by atoms with Crippen LogP contribution in [-0.4, -0.2) is 49.9 Å². The molecule has 1 fully saturated rings. The zero-order valence-electron chi connectivity index (χ0n) is 13.3. The summed E-state index contributed by atoms with van der Waals surface area (Å²) in [6, 6.07) is 4.07. The number of thiophene rings is 1. The molecular formula is C16H26N2O3S. The van der Waals surface area contributed by atoms with E-state index in [2.05, 4.69) is 11.4 Å². The monoisotopic (exact) mass is 326 g/mol. The molecule has 2 rings (SSSR count). The Morgan fingerprint density at radius 3 is 3.18 bits per heavy atom. The fraction of sp³-hybridized carbons (Fsp3) is 0.688. The van der Waals surface area contributed by atoms with Gasteiger partial charge in [0.25, 0.3) is 0 Å². The highest BCUT2D eigenvalue weighted by atomic mass is 32.1. The Morgan fingerprint density at radius 1 is 1.59 bits per heavy atom. The van der Waals surface area contributed by atoms with Gasteiger partial charge in [0.05, 0.1) is 12.6 Å². The summed E-state index contributed by atoms with van der Waals surface area (Å²) < 4.78 is 11.0. The lowest BCUT2D eigenvalue weighted by Gasteiger charge is -2.25. The summed E-state index contributed by atoms with van der Waals surface area (Å²) in [4.78, 5) is 15.5. The van der Waals surface area contributed by atoms with Crippen molar-refractivity contribution in [2.45, 2.75) is 38.8 Å². The van der Waals surface area contributed by atoms with Crippen LogP contribution < -0.4 is 5.32 Å². The van der Waals surface area contributed by atoms with E-state index < -0.39 is 0 Å². The summed E-state index contributed by atoms with van der Waals surface area (Å²) in [7, 11) is 0. The molecule has 124 valence electrons. The van der Waals surface area contributed by atoms with Crippen LogP contribution in [0.4, 0.5) is 4.79 Å². The Hall–Kier alpha value is -1.11. The van der Waals surface area contributed by atoms with E-state index in [-0.39, 0.29) is 12.1 Å². The summed E-state index contributed by atoms with van der Waals surface area (Å²) in [5.74, 6) is 0. The maximum atomic E-state index is 12.4. The molecule has 0 spiro atoms. The first-order valence-electron chi connectivity index (χ1n) is 8.04. The third kappa shape index (κ3) is 5.94. The molecule has 22 heavy (non-hydrogen) atoms. The molecule has 0 radical (unpaired) electrons. The average molecular weight is 326 g/mol. The predicted molar refractivity (Wildman–Crippen MR) is 88.2 cm³/mol. The fourth-order valence-corrected chi connectivity index (χ4v) is 3.19. The minimum atomic E-state index is -0.0135. The first-order chi connectivity index (χ1) is 10.8. The third-order valence-electron chi connectivity index (χ3n) is 3.61. The van der Waals surface area contributed by atoms with Gasteiger partial charge in [-0.15, -0.1) is 11.3 Å². The Labute approximate surface area is 136 Å². The van der Waals surface area contributed by atoms with Crippen molar-refractivity contribution >= 4 is 17.4 Å². The molecule has 1 aromatic rings. The largest absolute Gasteiger partial charge is 0.382 e. The summed E-state index contributed by atoms with van der Waals surface area (Å²) in [6.45, 7) is 6.15. The first-order valence-corrected chi connectivity index (χ1v) is 8.92. The molecule has 0 bridgehead atoms. The van der Waals surface area contributed by atoms with E-state index in [0.29, 0.717) is 26.2 Å². The molecule has 0 aromatic carbocycles. The molecule has 1 aliphatic rings. The Kier molecular flexibility index (Phi) is 7.70. The van der Waals surface area contributed by atoms with Gasteiger partial charge in [-0.3, -0.25) is 0 Å². The normalized spacial score (nSPS) is 17.6. The van der Waals surface area contributed by atoms with E-state index in [1.165, 1.54) is 4.88 Å². The molecule has 0 aliphatic carbocycles. The van der Waals surface area contributed by atoms with E-state index in [1.54, 1.807) is 11.3 Å². The van der Waals surface area contributed by atoms with Crippen molar-refractivity contribution in [1.82, 2.24) is 10.2 Å². The highest BCUT2D eigenvalue weighted by Crippen LogP contribution is 2.17. The average Bonchev–Trinajstić information content (AvgIpc) is 3.20. The molecule has 1 N–H and O–H groups in total. The maximum absolute atomic E-state index is 12.4. The van der Waals surface area contributed by atoms with Gasteiger partial charge < -0.3 is 19.7 Å². The number of rotatable bonds is 9. The van der Waals surface area contributed by atoms with E-state index >= 15 is 0 Å². The Bertz CT molecular complexity index is 419. The molecule has 2 heterocycles. The van der Waals surface area contributed by atoms with Crippen molar-refractivity contribution in [2.75, 3.05) is 32.9 Å². The van der Waals surface area contributed by atoms with E-state index in [0.717, 1.165) is 32.5 Å². The number of nitrogens with one attached hydrogen (secondary N) is 1. The Balaban J connectivity index is 1.80. The molecular weight excluding hydrogens is 300 g/mol. The number of ether oxygens (including phenoxy) is 2. The topological polar surface area (TPSA) is 50.8 Å². The first kappa shape index (κ1) is 17.2. The Morgan fingerprint density at radius 2 is 2.50 bits per heavy atom. The number of nitrogens with zero attached hydrogens (tertiary/aromatic N) is 1. The van der Waals surface area contributed by atoms with Gasteiger partial charge in [0.15, 0.2) is 0 Å². The van der Waals surface area contributed by atoms with Crippen molar-refractivity contribution in [3.05, 3.63) is 22.4 Å². The lowest BCUT2D eigenvalue weighted by molar-refractivity contribution is 0.0794. The molecule has 1 aromatic heterocycles. The minimum absolute atomic E-state index is 0.0135. The fourth-order valence-electron chi connectivity index (χ4n) is 2.47. The van der Waals surface area contributed by atoms with Crippen LogP contribution in [0.3, 0.4) is 0 Å². The van der Waals surface area contributed by atoms with Gasteiger partial charge in [0.1, 0.15) is 0 Å². The summed E-state index contributed by atoms with van der Waals surface area (Å²) in [5, 5.41) is 5.03. The highest BCUT2D eigenvalue weighted by Gasteiger charge is 2.22. The van der Waals surface area contributed by atoms with Crippen molar-refractivity contribution in [3.63, 3.8) is 0 Å². The summed E-state index contributed by atoms with van der Waals surface area (Å²) >= 11 is 1.68. The smallest absolute Gasteiger partial charge is 0.317 e. The van der Waals surface area contributed by atoms with Crippen LogP contribution in [0.2, 0.25) is 0 Å². The van der Waals surface area contributed by atoms with Crippen LogP contribution >= 0.6 is 11.3 Å². The van der Waals surface area contributed by atoms with Crippen LogP contribution in [0.5, 0.6) is 0 Å². The summed E-state index contributed by atoms with van der Waals surface area (Å²) in [6.07, 6.45) is 3.15. The van der Waals surface area contributed by atoms with Crippen molar-refractivity contribution in [1.29, 1.82) is 0 Å². The van der Waals surface area contributed by atoms with Crippen molar-refractivity contribution in [2.24, 2.45) is 0 Å². The minimum Gasteiger partial charge on any atom is -0.382 e. The van der Waals surface area contributed by atoms with Crippen LogP contribution in [0.1, 0.15) is 31.1 Å². The van der Waals surface area contributed by atoms with E-state index in [9.17, 15) is 4.79 Å². The van der Waals surface area contributed by atoms with E-state index in [1.807, 2.05) is 23.3 Å².